The fourth-order valence-electron chi connectivity index (χ4n) is 2.21. The van der Waals surface area contributed by atoms with E-state index in [4.69, 9.17) is 4.74 Å². The Kier molecular flexibility index (Phi) is 6.93. The molecule has 1 aromatic carbocycles. The van der Waals surface area contributed by atoms with Gasteiger partial charge >= 0.3 is 0 Å². The second kappa shape index (κ2) is 8.21. The van der Waals surface area contributed by atoms with Crippen LogP contribution >= 0.6 is 0 Å². The van der Waals surface area contributed by atoms with E-state index in [2.05, 4.69) is 57.3 Å². The molecule has 1 aromatic rings. The number of hydrogen-bond donors (Lipinski definition) is 1. The van der Waals surface area contributed by atoms with Crippen LogP contribution in [0, 0.1) is 5.92 Å². The van der Waals surface area contributed by atoms with Crippen LogP contribution in [0.2, 0.25) is 0 Å². The molecule has 2 nitrogen and oxygen atoms in total. The van der Waals surface area contributed by atoms with Crippen molar-refractivity contribution in [1.29, 1.82) is 0 Å². The second-order valence-corrected chi connectivity index (χ2v) is 5.76. The van der Waals surface area contributed by atoms with Crippen LogP contribution in [0.3, 0.4) is 0 Å². The molecule has 0 saturated heterocycles. The predicted octanol–water partition coefficient (Wildman–Crippen LogP) is 4.56. The Morgan fingerprint density at radius 1 is 1.00 bits per heavy atom. The lowest BCUT2D eigenvalue weighted by Gasteiger charge is -2.21. The predicted molar refractivity (Wildman–Crippen MR) is 82.7 cm³/mol. The minimum absolute atomic E-state index is 0.387. The summed E-state index contributed by atoms with van der Waals surface area (Å²) in [6.45, 7) is 11.8. The first-order valence-electron chi connectivity index (χ1n) is 7.51. The minimum atomic E-state index is 0.387. The molecule has 108 valence electrons. The van der Waals surface area contributed by atoms with E-state index in [1.54, 1.807) is 0 Å². The van der Waals surface area contributed by atoms with Crippen molar-refractivity contribution in [3.8, 4) is 5.75 Å². The summed E-state index contributed by atoms with van der Waals surface area (Å²) in [6.07, 6.45) is 2.52. The summed E-state index contributed by atoms with van der Waals surface area (Å²) < 4.78 is 5.47. The first-order chi connectivity index (χ1) is 9.02. The first-order valence-corrected chi connectivity index (χ1v) is 7.51. The Labute approximate surface area is 118 Å². The highest BCUT2D eigenvalue weighted by Crippen LogP contribution is 2.19. The number of rotatable bonds is 8. The van der Waals surface area contributed by atoms with Gasteiger partial charge in [0.2, 0.25) is 0 Å². The van der Waals surface area contributed by atoms with Gasteiger partial charge in [0.1, 0.15) is 5.75 Å². The topological polar surface area (TPSA) is 21.3 Å². The van der Waals surface area contributed by atoms with Crippen molar-refractivity contribution >= 4 is 0 Å². The normalized spacial score (nSPS) is 14.4. The van der Waals surface area contributed by atoms with E-state index in [0.29, 0.717) is 12.1 Å². The lowest BCUT2D eigenvalue weighted by molar-refractivity contribution is 0.340. The van der Waals surface area contributed by atoms with Gasteiger partial charge in [-0.1, -0.05) is 26.0 Å². The molecule has 0 fully saturated rings. The minimum Gasteiger partial charge on any atom is -0.494 e. The summed E-state index contributed by atoms with van der Waals surface area (Å²) in [5, 5.41) is 3.66. The van der Waals surface area contributed by atoms with E-state index in [0.717, 1.165) is 18.3 Å². The van der Waals surface area contributed by atoms with E-state index in [1.165, 1.54) is 18.4 Å². The number of ether oxygens (including phenoxy) is 1. The van der Waals surface area contributed by atoms with Crippen molar-refractivity contribution in [2.24, 2.45) is 5.92 Å². The third-order valence-corrected chi connectivity index (χ3v) is 3.40. The van der Waals surface area contributed by atoms with E-state index in [-0.39, 0.29) is 0 Å². The largest absolute Gasteiger partial charge is 0.494 e. The fraction of sp³-hybridized carbons (Fsp3) is 0.647. The maximum absolute atomic E-state index is 5.47. The van der Waals surface area contributed by atoms with Gasteiger partial charge in [0, 0.05) is 12.1 Å². The highest BCUT2D eigenvalue weighted by Gasteiger charge is 2.10. The summed E-state index contributed by atoms with van der Waals surface area (Å²) in [4.78, 5) is 0. The fourth-order valence-corrected chi connectivity index (χ4v) is 2.21. The summed E-state index contributed by atoms with van der Waals surface area (Å²) in [5.41, 5.74) is 1.32. The molecule has 2 unspecified atom stereocenters. The zero-order valence-corrected chi connectivity index (χ0v) is 13.1. The molecule has 0 aliphatic heterocycles. The maximum Gasteiger partial charge on any atom is 0.119 e. The molecular formula is C17H29NO. The van der Waals surface area contributed by atoms with Gasteiger partial charge in [-0.05, 0) is 57.2 Å². The molecule has 0 aromatic heterocycles. The van der Waals surface area contributed by atoms with Crippen molar-refractivity contribution < 1.29 is 4.74 Å². The quantitative estimate of drug-likeness (QED) is 0.742. The van der Waals surface area contributed by atoms with E-state index in [9.17, 15) is 0 Å². The summed E-state index contributed by atoms with van der Waals surface area (Å²) in [5.74, 6) is 1.73. The van der Waals surface area contributed by atoms with Crippen LogP contribution < -0.4 is 10.1 Å². The Bertz CT molecular complexity index is 345. The number of hydrogen-bond acceptors (Lipinski definition) is 2. The Balaban J connectivity index is 2.45. The molecular weight excluding hydrogens is 234 g/mol. The summed E-state index contributed by atoms with van der Waals surface area (Å²) in [7, 11) is 0. The van der Waals surface area contributed by atoms with Crippen molar-refractivity contribution in [2.75, 3.05) is 6.61 Å². The summed E-state index contributed by atoms with van der Waals surface area (Å²) in [6, 6.07) is 9.35. The van der Waals surface area contributed by atoms with Crippen LogP contribution in [0.15, 0.2) is 24.3 Å². The molecule has 0 spiro atoms. The van der Waals surface area contributed by atoms with Crippen LogP contribution in [0.1, 0.15) is 59.1 Å². The van der Waals surface area contributed by atoms with Crippen LogP contribution in [-0.4, -0.2) is 12.6 Å². The highest BCUT2D eigenvalue weighted by atomic mass is 16.5. The van der Waals surface area contributed by atoms with Gasteiger partial charge in [0.25, 0.3) is 0 Å². The van der Waals surface area contributed by atoms with Crippen molar-refractivity contribution in [3.63, 3.8) is 0 Å². The highest BCUT2D eigenvalue weighted by molar-refractivity contribution is 5.28. The van der Waals surface area contributed by atoms with Crippen molar-refractivity contribution in [3.05, 3.63) is 29.8 Å². The van der Waals surface area contributed by atoms with Gasteiger partial charge in [-0.15, -0.1) is 0 Å². The van der Waals surface area contributed by atoms with Crippen LogP contribution in [-0.2, 0) is 0 Å². The molecule has 0 radical (unpaired) electrons. The molecule has 0 amide bonds. The van der Waals surface area contributed by atoms with Crippen LogP contribution in [0.5, 0.6) is 5.75 Å². The molecule has 2 atom stereocenters. The Hall–Kier alpha value is -1.02. The third-order valence-electron chi connectivity index (χ3n) is 3.40. The lowest BCUT2D eigenvalue weighted by Crippen LogP contribution is -2.29. The molecule has 19 heavy (non-hydrogen) atoms. The zero-order chi connectivity index (χ0) is 14.3. The Morgan fingerprint density at radius 3 is 2.16 bits per heavy atom. The average molecular weight is 263 g/mol. The molecule has 1 N–H and O–H groups in total. The second-order valence-electron chi connectivity index (χ2n) is 5.76. The van der Waals surface area contributed by atoms with Gasteiger partial charge in [0.15, 0.2) is 0 Å². The standard InChI is InChI=1S/C17H29NO/c1-6-19-17-11-9-16(10-12-17)15(5)18-14(4)8-7-13(2)3/h9-15,18H,6-8H2,1-5H3. The SMILES string of the molecule is CCOc1ccc(C(C)NC(C)CCC(C)C)cc1. The number of benzene rings is 1. The molecule has 2 heteroatoms. The monoisotopic (exact) mass is 263 g/mol. The van der Waals surface area contributed by atoms with Gasteiger partial charge in [-0.3, -0.25) is 0 Å². The van der Waals surface area contributed by atoms with Crippen LogP contribution in [0.4, 0.5) is 0 Å². The van der Waals surface area contributed by atoms with Gasteiger partial charge < -0.3 is 10.1 Å². The molecule has 0 aliphatic carbocycles. The molecule has 0 saturated carbocycles. The maximum atomic E-state index is 5.47. The van der Waals surface area contributed by atoms with Crippen molar-refractivity contribution in [1.82, 2.24) is 5.32 Å². The molecule has 1 rings (SSSR count). The lowest BCUT2D eigenvalue weighted by atomic mass is 10.0. The molecule has 0 heterocycles. The Morgan fingerprint density at radius 2 is 1.63 bits per heavy atom. The van der Waals surface area contributed by atoms with E-state index in [1.807, 2.05) is 6.92 Å². The van der Waals surface area contributed by atoms with E-state index < -0.39 is 0 Å². The van der Waals surface area contributed by atoms with Crippen molar-refractivity contribution in [2.45, 2.75) is 59.5 Å². The number of nitrogens with one attached hydrogen (secondary N) is 1. The smallest absolute Gasteiger partial charge is 0.119 e. The van der Waals surface area contributed by atoms with E-state index >= 15 is 0 Å². The van der Waals surface area contributed by atoms with Crippen LogP contribution in [0.25, 0.3) is 0 Å². The van der Waals surface area contributed by atoms with Gasteiger partial charge in [0.05, 0.1) is 6.61 Å². The average Bonchev–Trinajstić information content (AvgIpc) is 2.37. The zero-order valence-electron chi connectivity index (χ0n) is 13.1. The molecule has 0 bridgehead atoms. The first kappa shape index (κ1) is 16.0. The van der Waals surface area contributed by atoms with Gasteiger partial charge in [-0.25, -0.2) is 0 Å². The van der Waals surface area contributed by atoms with Gasteiger partial charge in [-0.2, -0.15) is 0 Å². The third kappa shape index (κ3) is 6.11. The molecule has 0 aliphatic rings. The summed E-state index contributed by atoms with van der Waals surface area (Å²) >= 11 is 0.